The van der Waals surface area contributed by atoms with Crippen molar-refractivity contribution in [3.63, 3.8) is 0 Å². The highest BCUT2D eigenvalue weighted by Gasteiger charge is 2.29. The maximum Gasteiger partial charge on any atom is 0.172 e. The van der Waals surface area contributed by atoms with E-state index in [0.717, 1.165) is 22.9 Å². The Balaban J connectivity index is 1.40. The number of carbonyl (C=O) groups excluding carboxylic acids is 1. The molecular formula is C29H33FO2. The lowest BCUT2D eigenvalue weighted by molar-refractivity contribution is -0.129. The summed E-state index contributed by atoms with van der Waals surface area (Å²) < 4.78 is 20.1. The van der Waals surface area contributed by atoms with Gasteiger partial charge in [-0.1, -0.05) is 49.4 Å². The highest BCUT2D eigenvalue weighted by atomic mass is 19.1. The molecule has 4 rings (SSSR count). The summed E-state index contributed by atoms with van der Waals surface area (Å²) in [6.45, 7) is 7.44. The molecular weight excluding hydrogens is 399 g/mol. The molecule has 3 heteroatoms. The molecule has 1 saturated carbocycles. The molecule has 2 nitrogen and oxygen atoms in total. The Hall–Kier alpha value is -2.68. The fourth-order valence-electron chi connectivity index (χ4n) is 5.11. The van der Waals surface area contributed by atoms with Crippen molar-refractivity contribution < 1.29 is 13.9 Å². The van der Waals surface area contributed by atoms with E-state index < -0.39 is 5.60 Å². The topological polar surface area (TPSA) is 26.3 Å². The number of hydrogen-bond donors (Lipinski definition) is 0. The summed E-state index contributed by atoms with van der Waals surface area (Å²) >= 11 is 0. The Morgan fingerprint density at radius 2 is 1.72 bits per heavy atom. The molecule has 0 unspecified atom stereocenters. The molecule has 0 N–H and O–H groups in total. The number of halogens is 1. The lowest BCUT2D eigenvalue weighted by Gasteiger charge is -2.23. The van der Waals surface area contributed by atoms with Gasteiger partial charge in [0.1, 0.15) is 11.6 Å². The summed E-state index contributed by atoms with van der Waals surface area (Å²) in [7, 11) is 0. The number of ether oxygens (including phenoxy) is 1. The smallest absolute Gasteiger partial charge is 0.172 e. The van der Waals surface area contributed by atoms with Gasteiger partial charge in [0.05, 0.1) is 0 Å². The number of carbonyl (C=O) groups is 1. The number of hydrogen-bond acceptors (Lipinski definition) is 2. The van der Waals surface area contributed by atoms with Crippen molar-refractivity contribution in [3.05, 3.63) is 77.6 Å². The zero-order chi connectivity index (χ0) is 22.9. The van der Waals surface area contributed by atoms with E-state index in [1.165, 1.54) is 30.4 Å². The van der Waals surface area contributed by atoms with Crippen LogP contribution in [0.25, 0.3) is 10.8 Å². The third-order valence-electron chi connectivity index (χ3n) is 7.24. The molecule has 0 heterocycles. The van der Waals surface area contributed by atoms with Crippen molar-refractivity contribution in [1.82, 2.24) is 0 Å². The van der Waals surface area contributed by atoms with Crippen molar-refractivity contribution in [2.45, 2.75) is 70.8 Å². The van der Waals surface area contributed by atoms with Gasteiger partial charge in [-0.25, -0.2) is 4.39 Å². The first-order chi connectivity index (χ1) is 15.2. The molecule has 0 bridgehead atoms. The zero-order valence-electron chi connectivity index (χ0n) is 19.5. The summed E-state index contributed by atoms with van der Waals surface area (Å²) in [5, 5.41) is 1.76. The van der Waals surface area contributed by atoms with Gasteiger partial charge in [-0.2, -0.15) is 0 Å². The van der Waals surface area contributed by atoms with Gasteiger partial charge in [-0.15, -0.1) is 0 Å². The van der Waals surface area contributed by atoms with Gasteiger partial charge in [0, 0.05) is 5.39 Å². The van der Waals surface area contributed by atoms with Crippen LogP contribution in [0.4, 0.5) is 4.39 Å². The Bertz CT molecular complexity index is 1100. The maximum absolute atomic E-state index is 14.2. The summed E-state index contributed by atoms with van der Waals surface area (Å²) in [5.41, 5.74) is 1.79. The van der Waals surface area contributed by atoms with Crippen LogP contribution in [-0.4, -0.2) is 11.4 Å². The van der Waals surface area contributed by atoms with Gasteiger partial charge in [0.2, 0.25) is 0 Å². The minimum absolute atomic E-state index is 0.0169. The van der Waals surface area contributed by atoms with E-state index in [2.05, 4.69) is 19.1 Å². The second kappa shape index (κ2) is 9.05. The normalized spacial score (nSPS) is 19.8. The minimum atomic E-state index is -0.805. The predicted molar refractivity (Wildman–Crippen MR) is 129 cm³/mol. The molecule has 0 radical (unpaired) electrons. The Morgan fingerprint density at radius 3 is 2.41 bits per heavy atom. The molecule has 168 valence electrons. The molecule has 0 aliphatic heterocycles. The summed E-state index contributed by atoms with van der Waals surface area (Å²) in [5.74, 6) is 2.24. The molecule has 0 saturated heterocycles. The van der Waals surface area contributed by atoms with E-state index in [1.807, 2.05) is 42.5 Å². The van der Waals surface area contributed by atoms with Crippen molar-refractivity contribution >= 4 is 16.6 Å². The Kier molecular flexibility index (Phi) is 6.37. The summed E-state index contributed by atoms with van der Waals surface area (Å²) in [4.78, 5) is 11.7. The quantitative estimate of drug-likeness (QED) is 0.381. The molecule has 32 heavy (non-hydrogen) atoms. The van der Waals surface area contributed by atoms with Crippen molar-refractivity contribution in [2.24, 2.45) is 5.92 Å². The van der Waals surface area contributed by atoms with Crippen LogP contribution in [0.2, 0.25) is 0 Å². The summed E-state index contributed by atoms with van der Waals surface area (Å²) in [6, 6.07) is 19.7. The minimum Gasteiger partial charge on any atom is -0.480 e. The van der Waals surface area contributed by atoms with Crippen molar-refractivity contribution in [2.75, 3.05) is 0 Å². The molecule has 3 aromatic carbocycles. The molecule has 3 atom stereocenters. The van der Waals surface area contributed by atoms with Gasteiger partial charge in [0.25, 0.3) is 0 Å². The lowest BCUT2D eigenvalue weighted by Crippen LogP contribution is -2.36. The third kappa shape index (κ3) is 4.72. The van der Waals surface area contributed by atoms with Gasteiger partial charge in [0.15, 0.2) is 11.4 Å². The van der Waals surface area contributed by atoms with E-state index in [1.54, 1.807) is 26.8 Å². The Morgan fingerprint density at radius 1 is 1.03 bits per heavy atom. The fourth-order valence-corrected chi connectivity index (χ4v) is 5.11. The average molecular weight is 433 g/mol. The predicted octanol–water partition coefficient (Wildman–Crippen LogP) is 7.80. The second-order valence-corrected chi connectivity index (χ2v) is 9.93. The van der Waals surface area contributed by atoms with Crippen LogP contribution in [-0.2, 0) is 4.79 Å². The second-order valence-electron chi connectivity index (χ2n) is 9.93. The van der Waals surface area contributed by atoms with Gasteiger partial charge in [-0.3, -0.25) is 4.79 Å². The molecule has 0 aromatic heterocycles. The van der Waals surface area contributed by atoms with E-state index in [9.17, 15) is 9.18 Å². The molecule has 1 fully saturated rings. The Labute approximate surface area is 190 Å². The fraction of sp³-hybridized carbons (Fsp3) is 0.414. The number of rotatable bonds is 7. The number of fused-ring (bicyclic) bond motifs is 1. The largest absolute Gasteiger partial charge is 0.480 e. The van der Waals surface area contributed by atoms with E-state index in [0.29, 0.717) is 17.8 Å². The first kappa shape index (κ1) is 22.5. The molecule has 0 amide bonds. The van der Waals surface area contributed by atoms with Gasteiger partial charge < -0.3 is 4.74 Å². The first-order valence-electron chi connectivity index (χ1n) is 11.7. The average Bonchev–Trinajstić information content (AvgIpc) is 3.22. The van der Waals surface area contributed by atoms with Crippen LogP contribution >= 0.6 is 0 Å². The van der Waals surface area contributed by atoms with E-state index >= 15 is 0 Å². The van der Waals surface area contributed by atoms with Crippen LogP contribution in [0.3, 0.4) is 0 Å². The zero-order valence-corrected chi connectivity index (χ0v) is 19.5. The van der Waals surface area contributed by atoms with Crippen LogP contribution < -0.4 is 4.74 Å². The number of ketones is 1. The molecule has 1 aliphatic rings. The van der Waals surface area contributed by atoms with Gasteiger partial charge in [-0.05, 0) is 98.9 Å². The molecule has 3 aromatic rings. The standard InChI is InChI=1S/C29H33FO2/c1-19(25-15-16-28(30)27-8-6-5-7-26(25)27)17-21-9-10-23(18-21)22-11-13-24(14-12-22)32-29(3,4)20(2)31/h5-8,11-16,19,21,23H,9-10,17-18H2,1-4H3/t19-,21+,23+/m0/s1. The molecule has 0 spiro atoms. The van der Waals surface area contributed by atoms with Crippen LogP contribution in [0.1, 0.15) is 76.3 Å². The monoisotopic (exact) mass is 432 g/mol. The van der Waals surface area contributed by atoms with E-state index in [-0.39, 0.29) is 11.6 Å². The van der Waals surface area contributed by atoms with Crippen LogP contribution in [0.5, 0.6) is 5.75 Å². The molecule has 1 aliphatic carbocycles. The van der Waals surface area contributed by atoms with E-state index in [4.69, 9.17) is 4.74 Å². The summed E-state index contributed by atoms with van der Waals surface area (Å²) in [6.07, 6.45) is 4.73. The van der Waals surface area contributed by atoms with Crippen LogP contribution in [0.15, 0.2) is 60.7 Å². The number of Topliss-reactive ketones (excluding diaryl/α,β-unsaturated/α-hetero) is 1. The maximum atomic E-state index is 14.2. The SMILES string of the molecule is CC(=O)C(C)(C)Oc1ccc([C@@H]2CC[C@H](C[C@H](C)c3ccc(F)c4ccccc34)C2)cc1. The number of benzene rings is 3. The highest BCUT2D eigenvalue weighted by molar-refractivity contribution is 5.86. The lowest BCUT2D eigenvalue weighted by atomic mass is 9.86. The van der Waals surface area contributed by atoms with Crippen molar-refractivity contribution in [1.29, 1.82) is 0 Å². The highest BCUT2D eigenvalue weighted by Crippen LogP contribution is 2.43. The van der Waals surface area contributed by atoms with Crippen LogP contribution in [0, 0.1) is 11.7 Å². The van der Waals surface area contributed by atoms with Crippen molar-refractivity contribution in [3.8, 4) is 5.75 Å². The first-order valence-corrected chi connectivity index (χ1v) is 11.7. The van der Waals surface area contributed by atoms with Gasteiger partial charge >= 0.3 is 0 Å². The third-order valence-corrected chi connectivity index (χ3v) is 7.24.